The van der Waals surface area contributed by atoms with Crippen molar-refractivity contribution in [3.63, 3.8) is 0 Å². The summed E-state index contributed by atoms with van der Waals surface area (Å²) in [6.45, 7) is 1.53. The van der Waals surface area contributed by atoms with Crippen LogP contribution in [-0.2, 0) is 0 Å². The lowest BCUT2D eigenvalue weighted by Crippen LogP contribution is -2.10. The molecule has 0 bridgehead atoms. The topological polar surface area (TPSA) is 40.5 Å². The highest BCUT2D eigenvalue weighted by Crippen LogP contribution is 1.96. The highest BCUT2D eigenvalue weighted by Gasteiger charge is 1.97. The van der Waals surface area contributed by atoms with Gasteiger partial charge in [0.25, 0.3) is 0 Å². The van der Waals surface area contributed by atoms with Gasteiger partial charge in [-0.1, -0.05) is 12.2 Å². The van der Waals surface area contributed by atoms with Crippen molar-refractivity contribution in [1.29, 1.82) is 0 Å². The van der Waals surface area contributed by atoms with Gasteiger partial charge in [0.1, 0.15) is 0 Å². The van der Waals surface area contributed by atoms with Crippen molar-refractivity contribution in [2.45, 2.75) is 25.8 Å². The Kier molecular flexibility index (Phi) is 4.36. The van der Waals surface area contributed by atoms with Crippen LogP contribution in [0.3, 0.4) is 0 Å². The largest absolute Gasteiger partial charge is 0.394 e. The molecule has 0 aromatic rings. The maximum absolute atomic E-state index is 8.88. The second-order valence-electron chi connectivity index (χ2n) is 1.79. The summed E-state index contributed by atoms with van der Waals surface area (Å²) in [6.07, 6.45) is 2.62. The lowest BCUT2D eigenvalue weighted by atomic mass is 10.2. The first-order valence-corrected chi connectivity index (χ1v) is 3.04. The molecule has 0 amide bonds. The van der Waals surface area contributed by atoms with E-state index in [0.29, 0.717) is 6.42 Å². The third kappa shape index (κ3) is 5.53. The number of hydrogen-bond donors (Lipinski definition) is 2. The molecule has 0 fully saturated rings. The van der Waals surface area contributed by atoms with Crippen molar-refractivity contribution in [2.24, 2.45) is 0 Å². The number of aliphatic hydroxyl groups is 2. The fourth-order valence-electron chi connectivity index (χ4n) is 0.446. The number of aliphatic hydroxyl groups excluding tert-OH is 2. The van der Waals surface area contributed by atoms with Crippen LogP contribution in [0.1, 0.15) is 21.1 Å². The van der Waals surface area contributed by atoms with Gasteiger partial charge < -0.3 is 10.2 Å². The van der Waals surface area contributed by atoms with E-state index in [1.54, 1.807) is 6.08 Å². The van der Waals surface area contributed by atoms with Crippen LogP contribution in [0.25, 0.3) is 0 Å². The minimum atomic E-state index is -0.906. The monoisotopic (exact) mass is 131 g/mol. The smallest absolute Gasteiger partial charge is 0.0773 e. The summed E-state index contributed by atoms with van der Waals surface area (Å²) in [5.41, 5.74) is 0. The fraction of sp³-hybridized carbons (Fsp3) is 0.714. The second kappa shape index (κ2) is 5.79. The lowest BCUT2D eigenvalue weighted by molar-refractivity contribution is 0.0891. The molecule has 54 valence electrons. The molecule has 0 aromatic carbocycles. The Labute approximate surface area is 57.2 Å². The van der Waals surface area contributed by atoms with Crippen LogP contribution in [0.4, 0.5) is 0 Å². The van der Waals surface area contributed by atoms with Crippen molar-refractivity contribution in [3.05, 3.63) is 12.2 Å². The van der Waals surface area contributed by atoms with E-state index >= 15 is 0 Å². The zero-order chi connectivity index (χ0) is 7.98. The Balaban J connectivity index is 3.50. The standard InChI is InChI=1S/C7H14O2/c1-2-3-4-5-7(9)6-8/h2-3,7-9H,4-6H2,1H3/i5D. The van der Waals surface area contributed by atoms with Gasteiger partial charge in [-0.2, -0.15) is 0 Å². The van der Waals surface area contributed by atoms with Gasteiger partial charge >= 0.3 is 0 Å². The average molecular weight is 131 g/mol. The van der Waals surface area contributed by atoms with E-state index in [2.05, 4.69) is 0 Å². The maximum Gasteiger partial charge on any atom is 0.0773 e. The Hall–Kier alpha value is -0.340. The summed E-state index contributed by atoms with van der Waals surface area (Å²) in [6, 6.07) is 0. The van der Waals surface area contributed by atoms with Crippen molar-refractivity contribution in [3.8, 4) is 0 Å². The summed E-state index contributed by atoms with van der Waals surface area (Å²) in [7, 11) is 0. The molecule has 0 aliphatic carbocycles. The molecule has 0 radical (unpaired) electrons. The Morgan fingerprint density at radius 3 is 2.89 bits per heavy atom. The lowest BCUT2D eigenvalue weighted by Gasteiger charge is -2.02. The quantitative estimate of drug-likeness (QED) is 0.551. The molecule has 9 heavy (non-hydrogen) atoms. The van der Waals surface area contributed by atoms with Gasteiger partial charge in [0.05, 0.1) is 12.7 Å². The molecule has 0 saturated carbocycles. The van der Waals surface area contributed by atoms with Crippen LogP contribution in [0.2, 0.25) is 0 Å². The highest BCUT2D eigenvalue weighted by molar-refractivity contribution is 4.77. The number of rotatable bonds is 4. The van der Waals surface area contributed by atoms with E-state index in [1.165, 1.54) is 0 Å². The second-order valence-corrected chi connectivity index (χ2v) is 1.79. The van der Waals surface area contributed by atoms with E-state index in [1.807, 2.05) is 13.0 Å². The average Bonchev–Trinajstić information content (AvgIpc) is 1.98. The van der Waals surface area contributed by atoms with Gasteiger partial charge in [-0.25, -0.2) is 0 Å². The van der Waals surface area contributed by atoms with E-state index in [-0.39, 0.29) is 6.61 Å². The summed E-state index contributed by atoms with van der Waals surface area (Å²) in [4.78, 5) is 0. The Morgan fingerprint density at radius 1 is 1.78 bits per heavy atom. The van der Waals surface area contributed by atoms with Gasteiger partial charge in [0.2, 0.25) is 0 Å². The van der Waals surface area contributed by atoms with Crippen molar-refractivity contribution in [2.75, 3.05) is 6.61 Å². The van der Waals surface area contributed by atoms with Gasteiger partial charge in [-0.3, -0.25) is 0 Å². The fourth-order valence-corrected chi connectivity index (χ4v) is 0.446. The normalized spacial score (nSPS) is 19.7. The van der Waals surface area contributed by atoms with E-state index in [0.717, 1.165) is 0 Å². The zero-order valence-corrected chi connectivity index (χ0v) is 5.62. The first kappa shape index (κ1) is 6.78. The van der Waals surface area contributed by atoms with Gasteiger partial charge in [-0.05, 0) is 19.7 Å². The minimum Gasteiger partial charge on any atom is -0.394 e. The van der Waals surface area contributed by atoms with Gasteiger partial charge in [0.15, 0.2) is 0 Å². The predicted molar refractivity (Wildman–Crippen MR) is 37.1 cm³/mol. The van der Waals surface area contributed by atoms with Crippen LogP contribution < -0.4 is 0 Å². The molecule has 0 aromatic heterocycles. The van der Waals surface area contributed by atoms with Crippen LogP contribution in [0.15, 0.2) is 12.2 Å². The van der Waals surface area contributed by atoms with Crippen molar-refractivity contribution in [1.82, 2.24) is 0 Å². The van der Waals surface area contributed by atoms with Crippen LogP contribution in [-0.4, -0.2) is 22.9 Å². The third-order valence-corrected chi connectivity index (χ3v) is 0.967. The van der Waals surface area contributed by atoms with Crippen molar-refractivity contribution < 1.29 is 11.6 Å². The van der Waals surface area contributed by atoms with Crippen LogP contribution >= 0.6 is 0 Å². The molecule has 0 aliphatic rings. The van der Waals surface area contributed by atoms with Crippen molar-refractivity contribution >= 4 is 0 Å². The SMILES string of the molecule is [2H]C(CC=CC)C(O)CO. The molecule has 2 atom stereocenters. The maximum atomic E-state index is 8.88. The van der Waals surface area contributed by atoms with E-state index < -0.39 is 12.5 Å². The highest BCUT2D eigenvalue weighted by atomic mass is 16.3. The molecule has 0 saturated heterocycles. The summed E-state index contributed by atoms with van der Waals surface area (Å²) < 4.78 is 7.22. The van der Waals surface area contributed by atoms with Gasteiger partial charge in [0, 0.05) is 1.37 Å². The summed E-state index contributed by atoms with van der Waals surface area (Å²) >= 11 is 0. The summed E-state index contributed by atoms with van der Waals surface area (Å²) in [5, 5.41) is 17.3. The molecule has 2 nitrogen and oxygen atoms in total. The minimum absolute atomic E-state index is 0.328. The molecule has 2 N–H and O–H groups in total. The van der Waals surface area contributed by atoms with E-state index in [4.69, 9.17) is 11.6 Å². The molecule has 2 heteroatoms. The summed E-state index contributed by atoms with van der Waals surface area (Å²) in [5.74, 6) is 0. The molecule has 0 spiro atoms. The Morgan fingerprint density at radius 2 is 2.44 bits per heavy atom. The molecular weight excluding hydrogens is 116 g/mol. The zero-order valence-electron chi connectivity index (χ0n) is 6.62. The number of allylic oxidation sites excluding steroid dienone is 2. The molecule has 0 heterocycles. The predicted octanol–water partition coefficient (Wildman–Crippen LogP) is 0.696. The molecular formula is C7H14O2. The molecule has 0 rings (SSSR count). The van der Waals surface area contributed by atoms with E-state index in [9.17, 15) is 0 Å². The molecule has 2 unspecified atom stereocenters. The molecule has 0 aliphatic heterocycles. The first-order chi connectivity index (χ1) is 4.72. The number of hydrogen-bond acceptors (Lipinski definition) is 2. The third-order valence-electron chi connectivity index (χ3n) is 0.967. The first-order valence-electron chi connectivity index (χ1n) is 3.62. The van der Waals surface area contributed by atoms with Gasteiger partial charge in [-0.15, -0.1) is 0 Å². The van der Waals surface area contributed by atoms with Crippen LogP contribution in [0.5, 0.6) is 0 Å². The van der Waals surface area contributed by atoms with Crippen LogP contribution in [0, 0.1) is 0 Å². The Bertz CT molecular complexity index is 104.